The average molecular weight is 480 g/mol. The molecule has 2 saturated heterocycles. The number of aryl methyl sites for hydroxylation is 1. The molecular weight excluding hydrogens is 450 g/mol. The van der Waals surface area contributed by atoms with E-state index in [-0.39, 0.29) is 17.9 Å². The second-order valence-corrected chi connectivity index (χ2v) is 11.4. The van der Waals surface area contributed by atoms with Gasteiger partial charge in [0, 0.05) is 38.3 Å². The molecule has 3 heterocycles. The molecule has 2 aliphatic heterocycles. The van der Waals surface area contributed by atoms with E-state index in [0.29, 0.717) is 31.6 Å². The summed E-state index contributed by atoms with van der Waals surface area (Å²) in [6, 6.07) is 16.7. The van der Waals surface area contributed by atoms with Gasteiger partial charge in [-0.05, 0) is 43.0 Å². The van der Waals surface area contributed by atoms with Crippen molar-refractivity contribution in [2.45, 2.75) is 43.5 Å². The standard InChI is InChI=1S/C25H29N5O3S/c1-18-8-13-23(20-6-4-3-5-7-20)34(32,33)30(18)14-19-9-11-21(12-10-19)25(31)29-15-22(16-29)24-27-26-17-28(24)2/h3-7,9-12,17-18,22-23H,8,13-16H2,1-2H3/t18-,23?/m0/s1. The lowest BCUT2D eigenvalue weighted by atomic mass is 9.97. The number of likely N-dealkylation sites (tertiary alicyclic amines) is 1. The van der Waals surface area contributed by atoms with E-state index < -0.39 is 15.3 Å². The van der Waals surface area contributed by atoms with Crippen LogP contribution in [-0.4, -0.2) is 57.4 Å². The van der Waals surface area contributed by atoms with Crippen LogP contribution in [0.25, 0.3) is 0 Å². The van der Waals surface area contributed by atoms with E-state index in [4.69, 9.17) is 0 Å². The van der Waals surface area contributed by atoms with Crippen molar-refractivity contribution < 1.29 is 13.2 Å². The van der Waals surface area contributed by atoms with Crippen LogP contribution in [0, 0.1) is 0 Å². The minimum Gasteiger partial charge on any atom is -0.337 e. The van der Waals surface area contributed by atoms with E-state index in [0.717, 1.165) is 23.4 Å². The second kappa shape index (κ2) is 8.96. The molecule has 1 unspecified atom stereocenters. The number of sulfonamides is 1. The number of amides is 1. The molecule has 0 spiro atoms. The lowest BCUT2D eigenvalue weighted by molar-refractivity contribution is 0.0591. The maximum atomic E-state index is 13.4. The molecule has 34 heavy (non-hydrogen) atoms. The number of rotatable bonds is 5. The monoisotopic (exact) mass is 479 g/mol. The number of nitrogens with zero attached hydrogens (tertiary/aromatic N) is 5. The van der Waals surface area contributed by atoms with Crippen LogP contribution < -0.4 is 0 Å². The van der Waals surface area contributed by atoms with Crippen molar-refractivity contribution in [1.82, 2.24) is 24.0 Å². The highest BCUT2D eigenvalue weighted by Gasteiger charge is 2.40. The minimum atomic E-state index is -3.49. The molecule has 2 aromatic carbocycles. The van der Waals surface area contributed by atoms with Crippen LogP contribution in [0.3, 0.4) is 0 Å². The van der Waals surface area contributed by atoms with Crippen molar-refractivity contribution in [2.75, 3.05) is 13.1 Å². The fraction of sp³-hybridized carbons (Fsp3) is 0.400. The van der Waals surface area contributed by atoms with Gasteiger partial charge >= 0.3 is 0 Å². The smallest absolute Gasteiger partial charge is 0.253 e. The maximum absolute atomic E-state index is 13.4. The van der Waals surface area contributed by atoms with Gasteiger partial charge in [-0.2, -0.15) is 4.31 Å². The SMILES string of the molecule is C[C@H]1CCC(c2ccccc2)S(=O)(=O)N1Cc1ccc(C(=O)N2CC(c3nncn3C)C2)cc1. The van der Waals surface area contributed by atoms with Gasteiger partial charge in [0.15, 0.2) is 0 Å². The van der Waals surface area contributed by atoms with Crippen LogP contribution in [0.1, 0.15) is 58.2 Å². The number of carbonyl (C=O) groups excluding carboxylic acids is 1. The third-order valence-corrected chi connectivity index (χ3v) is 9.39. The minimum absolute atomic E-state index is 0.0203. The van der Waals surface area contributed by atoms with Crippen molar-refractivity contribution >= 4 is 15.9 Å². The summed E-state index contributed by atoms with van der Waals surface area (Å²) < 4.78 is 30.4. The molecule has 2 fully saturated rings. The zero-order chi connectivity index (χ0) is 23.9. The summed E-state index contributed by atoms with van der Waals surface area (Å²) in [7, 11) is -1.58. The van der Waals surface area contributed by atoms with E-state index in [1.165, 1.54) is 0 Å². The van der Waals surface area contributed by atoms with E-state index in [9.17, 15) is 13.2 Å². The predicted molar refractivity (Wildman–Crippen MR) is 128 cm³/mol. The largest absolute Gasteiger partial charge is 0.337 e. The Labute approximate surface area is 200 Å². The summed E-state index contributed by atoms with van der Waals surface area (Å²) in [5, 5.41) is 7.53. The van der Waals surface area contributed by atoms with Gasteiger partial charge in [0.2, 0.25) is 10.0 Å². The van der Waals surface area contributed by atoms with Gasteiger partial charge in [0.05, 0.1) is 5.92 Å². The molecule has 178 valence electrons. The van der Waals surface area contributed by atoms with E-state index in [1.807, 2.05) is 61.0 Å². The summed E-state index contributed by atoms with van der Waals surface area (Å²) in [4.78, 5) is 14.7. The second-order valence-electron chi connectivity index (χ2n) is 9.32. The number of hydrogen-bond donors (Lipinski definition) is 0. The highest BCUT2D eigenvalue weighted by atomic mass is 32.2. The molecule has 1 amide bonds. The molecule has 0 N–H and O–H groups in total. The van der Waals surface area contributed by atoms with Gasteiger partial charge in [-0.3, -0.25) is 4.79 Å². The highest BCUT2D eigenvalue weighted by Crippen LogP contribution is 2.38. The van der Waals surface area contributed by atoms with Crippen LogP contribution >= 0.6 is 0 Å². The van der Waals surface area contributed by atoms with Crippen LogP contribution in [0.5, 0.6) is 0 Å². The number of aromatic nitrogens is 3. The normalized spacial score (nSPS) is 22.9. The Balaban J connectivity index is 1.25. The Morgan fingerprint density at radius 2 is 1.74 bits per heavy atom. The van der Waals surface area contributed by atoms with Crippen molar-refractivity contribution in [3.8, 4) is 0 Å². The Morgan fingerprint density at radius 1 is 1.03 bits per heavy atom. The van der Waals surface area contributed by atoms with Gasteiger partial charge in [0.25, 0.3) is 5.91 Å². The molecule has 2 aliphatic rings. The highest BCUT2D eigenvalue weighted by molar-refractivity contribution is 7.89. The van der Waals surface area contributed by atoms with Crippen LogP contribution in [-0.2, 0) is 23.6 Å². The first-order valence-electron chi connectivity index (χ1n) is 11.6. The first kappa shape index (κ1) is 22.7. The lowest BCUT2D eigenvalue weighted by Gasteiger charge is -2.38. The molecule has 5 rings (SSSR count). The van der Waals surface area contributed by atoms with Gasteiger partial charge < -0.3 is 9.47 Å². The Bertz CT molecular complexity index is 1270. The Morgan fingerprint density at radius 3 is 2.38 bits per heavy atom. The molecule has 3 aromatic rings. The van der Waals surface area contributed by atoms with Crippen molar-refractivity contribution in [2.24, 2.45) is 7.05 Å². The van der Waals surface area contributed by atoms with Gasteiger partial charge in [-0.15, -0.1) is 10.2 Å². The van der Waals surface area contributed by atoms with E-state index in [2.05, 4.69) is 10.2 Å². The van der Waals surface area contributed by atoms with Crippen molar-refractivity contribution in [3.63, 3.8) is 0 Å². The Hall–Kier alpha value is -3.04. The molecule has 0 radical (unpaired) electrons. The van der Waals surface area contributed by atoms with Crippen molar-refractivity contribution in [1.29, 1.82) is 0 Å². The van der Waals surface area contributed by atoms with Crippen LogP contribution in [0.4, 0.5) is 0 Å². The third kappa shape index (κ3) is 4.14. The predicted octanol–water partition coefficient (Wildman–Crippen LogP) is 3.11. The summed E-state index contributed by atoms with van der Waals surface area (Å²) in [5.74, 6) is 1.08. The lowest BCUT2D eigenvalue weighted by Crippen LogP contribution is -2.49. The molecule has 0 saturated carbocycles. The molecule has 8 nitrogen and oxygen atoms in total. The zero-order valence-corrected chi connectivity index (χ0v) is 20.2. The number of carbonyl (C=O) groups is 1. The number of benzene rings is 2. The summed E-state index contributed by atoms with van der Waals surface area (Å²) >= 11 is 0. The molecule has 0 bridgehead atoms. The first-order chi connectivity index (χ1) is 16.3. The van der Waals surface area contributed by atoms with Crippen molar-refractivity contribution in [3.05, 3.63) is 83.4 Å². The molecular formula is C25H29N5O3S. The van der Waals surface area contributed by atoms with Gasteiger partial charge in [0.1, 0.15) is 17.4 Å². The average Bonchev–Trinajstić information content (AvgIpc) is 3.22. The maximum Gasteiger partial charge on any atom is 0.253 e. The molecule has 0 aliphatic carbocycles. The van der Waals surface area contributed by atoms with Crippen LogP contribution in [0.15, 0.2) is 60.9 Å². The quantitative estimate of drug-likeness (QED) is 0.561. The fourth-order valence-electron chi connectivity index (χ4n) is 4.94. The first-order valence-corrected chi connectivity index (χ1v) is 13.1. The number of hydrogen-bond acceptors (Lipinski definition) is 5. The summed E-state index contributed by atoms with van der Waals surface area (Å²) in [6.07, 6.45) is 3.11. The molecule has 2 atom stereocenters. The fourth-order valence-corrected chi connectivity index (χ4v) is 7.13. The summed E-state index contributed by atoms with van der Waals surface area (Å²) in [5.41, 5.74) is 2.33. The third-order valence-electron chi connectivity index (χ3n) is 7.02. The summed E-state index contributed by atoms with van der Waals surface area (Å²) in [6.45, 7) is 3.52. The van der Waals surface area contributed by atoms with Gasteiger partial charge in [-0.25, -0.2) is 8.42 Å². The van der Waals surface area contributed by atoms with E-state index in [1.54, 1.807) is 27.7 Å². The van der Waals surface area contributed by atoms with Gasteiger partial charge in [-0.1, -0.05) is 42.5 Å². The Kier molecular flexibility index (Phi) is 5.99. The van der Waals surface area contributed by atoms with E-state index >= 15 is 0 Å². The molecule has 9 heteroatoms. The topological polar surface area (TPSA) is 88.4 Å². The van der Waals surface area contributed by atoms with Crippen LogP contribution in [0.2, 0.25) is 0 Å². The molecule has 1 aromatic heterocycles. The zero-order valence-electron chi connectivity index (χ0n) is 19.4.